The Kier molecular flexibility index (Phi) is 2.21. The van der Waals surface area contributed by atoms with E-state index in [0.717, 1.165) is 0 Å². The fourth-order valence-corrected chi connectivity index (χ4v) is 1.24. The summed E-state index contributed by atoms with van der Waals surface area (Å²) in [7, 11) is 0. The van der Waals surface area contributed by atoms with Gasteiger partial charge in [-0.2, -0.15) is 0 Å². The maximum atomic E-state index is 13.3. The van der Waals surface area contributed by atoms with Crippen molar-refractivity contribution in [3.8, 4) is 11.5 Å². The maximum Gasteiger partial charge on any atom is 0.250 e. The van der Waals surface area contributed by atoms with E-state index >= 15 is 0 Å². The molecule has 72 valence electrons. The molecule has 0 unspecified atom stereocenters. The van der Waals surface area contributed by atoms with Crippen LogP contribution in [-0.4, -0.2) is 10.2 Å². The molecule has 0 fully saturated rings. The lowest BCUT2D eigenvalue weighted by Crippen LogP contribution is -1.84. The molecular formula is C9H6ClFN2O. The van der Waals surface area contributed by atoms with Gasteiger partial charge in [0.25, 0.3) is 5.89 Å². The second kappa shape index (κ2) is 3.38. The molecule has 1 aromatic heterocycles. The molecule has 0 radical (unpaired) electrons. The Labute approximate surface area is 84.5 Å². The van der Waals surface area contributed by atoms with Crippen LogP contribution in [0.2, 0.25) is 5.02 Å². The highest BCUT2D eigenvalue weighted by Gasteiger charge is 2.11. The first-order valence-corrected chi connectivity index (χ1v) is 4.30. The molecule has 5 heteroatoms. The van der Waals surface area contributed by atoms with E-state index in [1.807, 2.05) is 0 Å². The smallest absolute Gasteiger partial charge is 0.250 e. The van der Waals surface area contributed by atoms with Gasteiger partial charge in [-0.15, -0.1) is 10.2 Å². The minimum atomic E-state index is -0.432. The van der Waals surface area contributed by atoms with Crippen LogP contribution in [0.3, 0.4) is 0 Å². The van der Waals surface area contributed by atoms with Crippen molar-refractivity contribution in [2.24, 2.45) is 0 Å². The molecule has 14 heavy (non-hydrogen) atoms. The quantitative estimate of drug-likeness (QED) is 0.730. The van der Waals surface area contributed by atoms with Crippen molar-refractivity contribution < 1.29 is 8.81 Å². The Morgan fingerprint density at radius 2 is 2.14 bits per heavy atom. The molecule has 1 aromatic carbocycles. The molecule has 0 spiro atoms. The van der Waals surface area contributed by atoms with Gasteiger partial charge in [-0.3, -0.25) is 0 Å². The van der Waals surface area contributed by atoms with E-state index in [9.17, 15) is 4.39 Å². The molecule has 0 aliphatic carbocycles. The van der Waals surface area contributed by atoms with Crippen LogP contribution in [0.4, 0.5) is 4.39 Å². The first-order valence-electron chi connectivity index (χ1n) is 3.92. The lowest BCUT2D eigenvalue weighted by Gasteiger charge is -1.97. The molecule has 2 rings (SSSR count). The first-order chi connectivity index (χ1) is 6.66. The summed E-state index contributed by atoms with van der Waals surface area (Å²) < 4.78 is 18.4. The molecule has 0 saturated heterocycles. The summed E-state index contributed by atoms with van der Waals surface area (Å²) in [6, 6.07) is 4.17. The van der Waals surface area contributed by atoms with Crippen molar-refractivity contribution in [2.75, 3.05) is 0 Å². The first kappa shape index (κ1) is 9.15. The summed E-state index contributed by atoms with van der Waals surface area (Å²) in [6.07, 6.45) is 0. The highest BCUT2D eigenvalue weighted by Crippen LogP contribution is 2.24. The van der Waals surface area contributed by atoms with Crippen molar-refractivity contribution >= 4 is 11.6 Å². The molecule has 0 saturated carbocycles. The van der Waals surface area contributed by atoms with Crippen LogP contribution in [0.15, 0.2) is 22.6 Å². The molecule has 0 bridgehead atoms. The van der Waals surface area contributed by atoms with Crippen molar-refractivity contribution in [3.63, 3.8) is 0 Å². The minimum Gasteiger partial charge on any atom is -0.421 e. The molecule has 0 atom stereocenters. The number of benzene rings is 1. The fourth-order valence-electron chi connectivity index (χ4n) is 1.07. The standard InChI is InChI=1S/C9H6ClFN2O/c1-5-12-13-9(14-5)7-4-6(10)2-3-8(7)11/h2-4H,1H3. The van der Waals surface area contributed by atoms with Crippen LogP contribution in [0.1, 0.15) is 5.89 Å². The van der Waals surface area contributed by atoms with E-state index in [1.54, 1.807) is 6.92 Å². The Morgan fingerprint density at radius 3 is 2.79 bits per heavy atom. The maximum absolute atomic E-state index is 13.3. The second-order valence-corrected chi connectivity index (χ2v) is 3.19. The fraction of sp³-hybridized carbons (Fsp3) is 0.111. The van der Waals surface area contributed by atoms with Gasteiger partial charge in [-0.05, 0) is 18.2 Å². The van der Waals surface area contributed by atoms with Crippen molar-refractivity contribution in [2.45, 2.75) is 6.92 Å². The number of hydrogen-bond acceptors (Lipinski definition) is 3. The van der Waals surface area contributed by atoms with E-state index in [1.165, 1.54) is 18.2 Å². The zero-order valence-electron chi connectivity index (χ0n) is 7.29. The second-order valence-electron chi connectivity index (χ2n) is 2.75. The Bertz CT molecular complexity index is 470. The summed E-state index contributed by atoms with van der Waals surface area (Å²) in [6.45, 7) is 1.64. The van der Waals surface area contributed by atoms with E-state index in [-0.39, 0.29) is 11.5 Å². The Balaban J connectivity index is 2.55. The largest absolute Gasteiger partial charge is 0.421 e. The van der Waals surface area contributed by atoms with E-state index in [4.69, 9.17) is 16.0 Å². The summed E-state index contributed by atoms with van der Waals surface area (Å²) >= 11 is 5.72. The summed E-state index contributed by atoms with van der Waals surface area (Å²) in [5.74, 6) is 0.0972. The molecule has 0 amide bonds. The van der Waals surface area contributed by atoms with E-state index in [2.05, 4.69) is 10.2 Å². The third kappa shape index (κ3) is 1.61. The molecule has 3 nitrogen and oxygen atoms in total. The summed E-state index contributed by atoms with van der Waals surface area (Å²) in [4.78, 5) is 0. The van der Waals surface area contributed by atoms with Crippen molar-refractivity contribution in [3.05, 3.63) is 34.9 Å². The number of rotatable bonds is 1. The van der Waals surface area contributed by atoms with Gasteiger partial charge >= 0.3 is 0 Å². The number of nitrogens with zero attached hydrogens (tertiary/aromatic N) is 2. The van der Waals surface area contributed by atoms with Crippen LogP contribution < -0.4 is 0 Å². The number of halogens is 2. The molecular weight excluding hydrogens is 207 g/mol. The average Bonchev–Trinajstić information content (AvgIpc) is 2.56. The van der Waals surface area contributed by atoms with Crippen LogP contribution >= 0.6 is 11.6 Å². The zero-order chi connectivity index (χ0) is 10.1. The Hall–Kier alpha value is -1.42. The number of hydrogen-bond donors (Lipinski definition) is 0. The molecule has 2 aromatic rings. The molecule has 0 N–H and O–H groups in total. The van der Waals surface area contributed by atoms with Gasteiger partial charge in [-0.25, -0.2) is 4.39 Å². The minimum absolute atomic E-state index is 0.141. The SMILES string of the molecule is Cc1nnc(-c2cc(Cl)ccc2F)o1. The van der Waals surface area contributed by atoms with Crippen LogP contribution in [0.5, 0.6) is 0 Å². The van der Waals surface area contributed by atoms with Crippen LogP contribution in [-0.2, 0) is 0 Å². The van der Waals surface area contributed by atoms with Gasteiger partial charge in [0.05, 0.1) is 5.56 Å². The predicted octanol–water partition coefficient (Wildman–Crippen LogP) is 2.84. The van der Waals surface area contributed by atoms with Crippen molar-refractivity contribution in [1.82, 2.24) is 10.2 Å². The van der Waals surface area contributed by atoms with Gasteiger partial charge in [0.15, 0.2) is 0 Å². The lowest BCUT2D eigenvalue weighted by atomic mass is 10.2. The Morgan fingerprint density at radius 1 is 1.36 bits per heavy atom. The van der Waals surface area contributed by atoms with Gasteiger partial charge < -0.3 is 4.42 Å². The number of aromatic nitrogens is 2. The van der Waals surface area contributed by atoms with Gasteiger partial charge in [0.1, 0.15) is 5.82 Å². The monoisotopic (exact) mass is 212 g/mol. The van der Waals surface area contributed by atoms with Crippen LogP contribution in [0, 0.1) is 12.7 Å². The molecule has 0 aliphatic heterocycles. The lowest BCUT2D eigenvalue weighted by molar-refractivity contribution is 0.526. The predicted molar refractivity (Wildman–Crippen MR) is 49.4 cm³/mol. The highest BCUT2D eigenvalue weighted by molar-refractivity contribution is 6.30. The average molecular weight is 213 g/mol. The summed E-state index contributed by atoms with van der Waals surface area (Å²) in [5.41, 5.74) is 0.220. The van der Waals surface area contributed by atoms with Gasteiger partial charge in [0.2, 0.25) is 5.89 Å². The van der Waals surface area contributed by atoms with Crippen LogP contribution in [0.25, 0.3) is 11.5 Å². The summed E-state index contributed by atoms with van der Waals surface area (Å²) in [5, 5.41) is 7.74. The highest BCUT2D eigenvalue weighted by atomic mass is 35.5. The number of aryl methyl sites for hydroxylation is 1. The topological polar surface area (TPSA) is 38.9 Å². The molecule has 1 heterocycles. The van der Waals surface area contributed by atoms with E-state index in [0.29, 0.717) is 10.9 Å². The normalized spacial score (nSPS) is 10.5. The molecule has 0 aliphatic rings. The van der Waals surface area contributed by atoms with Crippen molar-refractivity contribution in [1.29, 1.82) is 0 Å². The van der Waals surface area contributed by atoms with Gasteiger partial charge in [0, 0.05) is 11.9 Å². The third-order valence-corrected chi connectivity index (χ3v) is 1.92. The zero-order valence-corrected chi connectivity index (χ0v) is 8.05. The van der Waals surface area contributed by atoms with Gasteiger partial charge in [-0.1, -0.05) is 11.6 Å². The third-order valence-electron chi connectivity index (χ3n) is 1.68. The van der Waals surface area contributed by atoms with E-state index < -0.39 is 5.82 Å².